The summed E-state index contributed by atoms with van der Waals surface area (Å²) in [6, 6.07) is 3.78. The number of benzene rings is 1. The van der Waals surface area contributed by atoms with Gasteiger partial charge in [0, 0.05) is 24.5 Å². The molecule has 0 unspecified atom stereocenters. The van der Waals surface area contributed by atoms with E-state index in [1.165, 1.54) is 17.1 Å². The fraction of sp³-hybridized carbons (Fsp3) is 0. The van der Waals surface area contributed by atoms with E-state index in [9.17, 15) is 14.5 Å². The van der Waals surface area contributed by atoms with Gasteiger partial charge in [0.15, 0.2) is 0 Å². The molecule has 0 saturated carbocycles. The van der Waals surface area contributed by atoms with E-state index in [0.717, 1.165) is 12.1 Å². The molecule has 0 N–H and O–H groups in total. The van der Waals surface area contributed by atoms with Gasteiger partial charge in [-0.1, -0.05) is 0 Å². The van der Waals surface area contributed by atoms with Crippen molar-refractivity contribution in [2.75, 3.05) is 0 Å². The van der Waals surface area contributed by atoms with E-state index in [0.29, 0.717) is 0 Å². The first-order chi connectivity index (χ1) is 7.59. The van der Waals surface area contributed by atoms with Crippen LogP contribution in [0.15, 0.2) is 35.1 Å². The van der Waals surface area contributed by atoms with E-state index in [4.69, 9.17) is 0 Å². The molecule has 7 heteroatoms. The molecule has 0 radical (unpaired) electrons. The minimum atomic E-state index is -0.582. The Morgan fingerprint density at radius 2 is 2.25 bits per heavy atom. The van der Waals surface area contributed by atoms with Crippen molar-refractivity contribution in [2.24, 2.45) is 0 Å². The Morgan fingerprint density at radius 3 is 2.81 bits per heavy atom. The van der Waals surface area contributed by atoms with Crippen molar-refractivity contribution in [1.29, 1.82) is 0 Å². The van der Waals surface area contributed by atoms with Crippen LogP contribution >= 0.6 is 15.9 Å². The molecule has 2 rings (SSSR count). The zero-order valence-electron chi connectivity index (χ0n) is 7.80. The molecule has 5 nitrogen and oxygen atoms in total. The first kappa shape index (κ1) is 10.7. The van der Waals surface area contributed by atoms with Crippen molar-refractivity contribution >= 4 is 21.6 Å². The lowest BCUT2D eigenvalue weighted by Gasteiger charge is -2.04. The molecule has 0 fully saturated rings. The molecule has 0 saturated heterocycles. The third-order valence-electron chi connectivity index (χ3n) is 1.97. The molecule has 2 aromatic rings. The van der Waals surface area contributed by atoms with E-state index in [1.807, 2.05) is 0 Å². The summed E-state index contributed by atoms with van der Waals surface area (Å²) in [6.07, 6.45) is 2.97. The van der Waals surface area contributed by atoms with Crippen molar-refractivity contribution < 1.29 is 9.31 Å². The SMILES string of the molecule is O=[N+]([O-])c1cc(Br)c(F)cc1-n1cccn1. The average molecular weight is 286 g/mol. The Hall–Kier alpha value is -1.76. The monoisotopic (exact) mass is 285 g/mol. The largest absolute Gasteiger partial charge is 0.296 e. The molecule has 0 bridgehead atoms. The average Bonchev–Trinajstić information content (AvgIpc) is 2.74. The van der Waals surface area contributed by atoms with Gasteiger partial charge in [-0.05, 0) is 22.0 Å². The molecule has 0 atom stereocenters. The second kappa shape index (κ2) is 4.01. The van der Waals surface area contributed by atoms with E-state index in [-0.39, 0.29) is 15.8 Å². The number of hydrogen-bond donors (Lipinski definition) is 0. The third kappa shape index (κ3) is 1.81. The van der Waals surface area contributed by atoms with Crippen molar-refractivity contribution in [1.82, 2.24) is 9.78 Å². The lowest BCUT2D eigenvalue weighted by atomic mass is 10.2. The molecule has 1 aromatic carbocycles. The van der Waals surface area contributed by atoms with Crippen LogP contribution in [0.4, 0.5) is 10.1 Å². The molecular weight excluding hydrogens is 281 g/mol. The summed E-state index contributed by atoms with van der Waals surface area (Å²) >= 11 is 2.90. The molecule has 0 aliphatic heterocycles. The maximum Gasteiger partial charge on any atom is 0.296 e. The van der Waals surface area contributed by atoms with Gasteiger partial charge in [0.05, 0.1) is 9.40 Å². The topological polar surface area (TPSA) is 61.0 Å². The van der Waals surface area contributed by atoms with Gasteiger partial charge >= 0.3 is 0 Å². The van der Waals surface area contributed by atoms with E-state index in [2.05, 4.69) is 21.0 Å². The van der Waals surface area contributed by atoms with Crippen LogP contribution in [0.2, 0.25) is 0 Å². The molecule has 0 aliphatic carbocycles. The third-order valence-corrected chi connectivity index (χ3v) is 2.57. The van der Waals surface area contributed by atoms with Crippen LogP contribution in [0.1, 0.15) is 0 Å². The molecule has 1 heterocycles. The Balaban J connectivity index is 2.68. The minimum absolute atomic E-state index is 0.0510. The van der Waals surface area contributed by atoms with E-state index < -0.39 is 10.7 Å². The summed E-state index contributed by atoms with van der Waals surface area (Å²) in [5, 5.41) is 14.6. The number of rotatable bonds is 2. The van der Waals surface area contributed by atoms with Gasteiger partial charge in [0.1, 0.15) is 11.5 Å². The van der Waals surface area contributed by atoms with Crippen LogP contribution in [-0.2, 0) is 0 Å². The van der Waals surface area contributed by atoms with E-state index >= 15 is 0 Å². The molecular formula is C9H5BrFN3O2. The number of hydrogen-bond acceptors (Lipinski definition) is 3. The van der Waals surface area contributed by atoms with Gasteiger partial charge in [-0.2, -0.15) is 5.10 Å². The summed E-state index contributed by atoms with van der Waals surface area (Å²) in [5.74, 6) is -0.573. The van der Waals surface area contributed by atoms with E-state index in [1.54, 1.807) is 6.07 Å². The van der Waals surface area contributed by atoms with Crippen LogP contribution in [-0.4, -0.2) is 14.7 Å². The highest BCUT2D eigenvalue weighted by Crippen LogP contribution is 2.28. The maximum atomic E-state index is 13.3. The Labute approximate surface area is 97.8 Å². The van der Waals surface area contributed by atoms with Crippen LogP contribution in [0.25, 0.3) is 5.69 Å². The van der Waals surface area contributed by atoms with Crippen molar-refractivity contribution in [3.8, 4) is 5.69 Å². The fourth-order valence-electron chi connectivity index (χ4n) is 1.27. The molecule has 0 amide bonds. The number of nitro benzene ring substituents is 1. The van der Waals surface area contributed by atoms with Gasteiger partial charge in [0.25, 0.3) is 5.69 Å². The second-order valence-corrected chi connectivity index (χ2v) is 3.82. The first-order valence-electron chi connectivity index (χ1n) is 4.23. The summed E-state index contributed by atoms with van der Waals surface area (Å²) < 4.78 is 14.6. The maximum absolute atomic E-state index is 13.3. The number of nitro groups is 1. The van der Waals surface area contributed by atoms with Crippen LogP contribution in [0.5, 0.6) is 0 Å². The highest BCUT2D eigenvalue weighted by molar-refractivity contribution is 9.10. The number of nitrogens with zero attached hydrogens (tertiary/aromatic N) is 3. The zero-order chi connectivity index (χ0) is 11.7. The second-order valence-electron chi connectivity index (χ2n) is 2.96. The van der Waals surface area contributed by atoms with Crippen molar-refractivity contribution in [3.05, 3.63) is 51.0 Å². The summed E-state index contributed by atoms with van der Waals surface area (Å²) in [6.45, 7) is 0. The van der Waals surface area contributed by atoms with Gasteiger partial charge in [-0.25, -0.2) is 9.07 Å². The number of aromatic nitrogens is 2. The smallest absolute Gasteiger partial charge is 0.258 e. The normalized spacial score (nSPS) is 10.4. The zero-order valence-corrected chi connectivity index (χ0v) is 9.39. The van der Waals surface area contributed by atoms with Gasteiger partial charge < -0.3 is 0 Å². The lowest BCUT2D eigenvalue weighted by Crippen LogP contribution is -2.01. The predicted octanol–water partition coefficient (Wildman–Crippen LogP) is 2.68. The summed E-state index contributed by atoms with van der Waals surface area (Å²) in [5.41, 5.74) is -0.118. The van der Waals surface area contributed by atoms with Gasteiger partial charge in [-0.15, -0.1) is 0 Å². The van der Waals surface area contributed by atoms with Crippen molar-refractivity contribution in [3.63, 3.8) is 0 Å². The van der Waals surface area contributed by atoms with Crippen LogP contribution in [0.3, 0.4) is 0 Å². The molecule has 82 valence electrons. The van der Waals surface area contributed by atoms with Gasteiger partial charge in [0.2, 0.25) is 0 Å². The Bertz CT molecular complexity index is 542. The Kier molecular flexibility index (Phi) is 2.69. The lowest BCUT2D eigenvalue weighted by molar-refractivity contribution is -0.384. The quantitative estimate of drug-likeness (QED) is 0.630. The predicted molar refractivity (Wildman–Crippen MR) is 57.9 cm³/mol. The molecule has 1 aromatic heterocycles. The fourth-order valence-corrected chi connectivity index (χ4v) is 1.60. The Morgan fingerprint density at radius 1 is 1.50 bits per heavy atom. The highest BCUT2D eigenvalue weighted by Gasteiger charge is 2.18. The molecule has 0 spiro atoms. The summed E-state index contributed by atoms with van der Waals surface area (Å²) in [7, 11) is 0. The first-order valence-corrected chi connectivity index (χ1v) is 5.02. The van der Waals surface area contributed by atoms with Crippen molar-refractivity contribution in [2.45, 2.75) is 0 Å². The van der Waals surface area contributed by atoms with Crippen LogP contribution in [0, 0.1) is 15.9 Å². The summed E-state index contributed by atoms with van der Waals surface area (Å²) in [4.78, 5) is 10.2. The van der Waals surface area contributed by atoms with Crippen LogP contribution < -0.4 is 0 Å². The molecule has 16 heavy (non-hydrogen) atoms. The van der Waals surface area contributed by atoms with Gasteiger partial charge in [-0.3, -0.25) is 10.1 Å². The number of halogens is 2. The standard InChI is InChI=1S/C9H5BrFN3O2/c10-6-4-9(14(15)16)8(5-7(6)11)13-3-1-2-12-13/h1-5H. The minimum Gasteiger partial charge on any atom is -0.258 e. The molecule has 0 aliphatic rings. The highest BCUT2D eigenvalue weighted by atomic mass is 79.9.